The predicted molar refractivity (Wildman–Crippen MR) is 95.3 cm³/mol. The van der Waals surface area contributed by atoms with Gasteiger partial charge in [-0.3, -0.25) is 4.79 Å². The van der Waals surface area contributed by atoms with Crippen LogP contribution in [0.3, 0.4) is 0 Å². The molecule has 2 rings (SSSR count). The number of carbonyl (C=O) groups is 2. The molecular formula is C17H19ClN4O3. The first-order valence-corrected chi connectivity index (χ1v) is 8.19. The SMILES string of the molecule is CCCCNC(=O)c1ccc(Nc2cc(C(=O)OC)ccc2Cl)nn1. The zero-order chi connectivity index (χ0) is 18.2. The Hall–Kier alpha value is -2.67. The molecule has 0 atom stereocenters. The van der Waals surface area contributed by atoms with Crippen LogP contribution in [0.4, 0.5) is 11.5 Å². The van der Waals surface area contributed by atoms with Crippen LogP contribution in [-0.4, -0.2) is 35.7 Å². The average Bonchev–Trinajstić information content (AvgIpc) is 2.63. The lowest BCUT2D eigenvalue weighted by molar-refractivity contribution is 0.0600. The number of methoxy groups -OCH3 is 1. The third-order valence-corrected chi connectivity index (χ3v) is 3.69. The van der Waals surface area contributed by atoms with Crippen LogP contribution in [0.5, 0.6) is 0 Å². The van der Waals surface area contributed by atoms with Gasteiger partial charge in [-0.15, -0.1) is 10.2 Å². The third kappa shape index (κ3) is 5.15. The second-order valence-electron chi connectivity index (χ2n) is 5.22. The summed E-state index contributed by atoms with van der Waals surface area (Å²) in [5.74, 6) is -0.336. The maximum absolute atomic E-state index is 11.9. The zero-order valence-corrected chi connectivity index (χ0v) is 14.8. The average molecular weight is 363 g/mol. The van der Waals surface area contributed by atoms with Gasteiger partial charge in [-0.05, 0) is 36.8 Å². The molecule has 0 saturated carbocycles. The molecule has 0 fully saturated rings. The van der Waals surface area contributed by atoms with Gasteiger partial charge in [0, 0.05) is 6.54 Å². The van der Waals surface area contributed by atoms with Crippen molar-refractivity contribution in [1.82, 2.24) is 15.5 Å². The number of halogens is 1. The minimum absolute atomic E-state index is 0.232. The first-order chi connectivity index (χ1) is 12.0. The summed E-state index contributed by atoms with van der Waals surface area (Å²) < 4.78 is 4.68. The molecule has 0 aliphatic rings. The number of hydrogen-bond acceptors (Lipinski definition) is 6. The molecule has 1 aromatic heterocycles. The second-order valence-corrected chi connectivity index (χ2v) is 5.63. The van der Waals surface area contributed by atoms with E-state index in [-0.39, 0.29) is 11.6 Å². The molecule has 0 radical (unpaired) electrons. The van der Waals surface area contributed by atoms with E-state index >= 15 is 0 Å². The third-order valence-electron chi connectivity index (χ3n) is 3.36. The molecule has 7 nitrogen and oxygen atoms in total. The molecule has 2 aromatic rings. The van der Waals surface area contributed by atoms with E-state index in [0.717, 1.165) is 12.8 Å². The van der Waals surface area contributed by atoms with Crippen LogP contribution < -0.4 is 10.6 Å². The first-order valence-electron chi connectivity index (χ1n) is 7.82. The number of nitrogens with zero attached hydrogens (tertiary/aromatic N) is 2. The Kier molecular flexibility index (Phi) is 6.71. The summed E-state index contributed by atoms with van der Waals surface area (Å²) in [5.41, 5.74) is 1.07. The van der Waals surface area contributed by atoms with Crippen LogP contribution in [0.25, 0.3) is 0 Å². The Labute approximate surface area is 150 Å². The molecular weight excluding hydrogens is 344 g/mol. The van der Waals surface area contributed by atoms with E-state index in [0.29, 0.717) is 28.6 Å². The van der Waals surface area contributed by atoms with Crippen molar-refractivity contribution in [2.24, 2.45) is 0 Å². The van der Waals surface area contributed by atoms with Crippen LogP contribution in [0, 0.1) is 0 Å². The Morgan fingerprint density at radius 3 is 2.64 bits per heavy atom. The molecule has 25 heavy (non-hydrogen) atoms. The number of esters is 1. The Morgan fingerprint density at radius 2 is 2.00 bits per heavy atom. The van der Waals surface area contributed by atoms with E-state index in [1.165, 1.54) is 7.11 Å². The number of anilines is 2. The lowest BCUT2D eigenvalue weighted by Gasteiger charge is -2.09. The molecule has 0 unspecified atom stereocenters. The van der Waals surface area contributed by atoms with Gasteiger partial charge < -0.3 is 15.4 Å². The number of hydrogen-bond donors (Lipinski definition) is 2. The lowest BCUT2D eigenvalue weighted by atomic mass is 10.2. The second kappa shape index (κ2) is 8.98. The molecule has 0 saturated heterocycles. The summed E-state index contributed by atoms with van der Waals surface area (Å²) in [6, 6.07) is 7.88. The molecule has 1 amide bonds. The number of rotatable bonds is 7. The smallest absolute Gasteiger partial charge is 0.337 e. The van der Waals surface area contributed by atoms with Gasteiger partial charge in [0.1, 0.15) is 0 Å². The highest BCUT2D eigenvalue weighted by atomic mass is 35.5. The largest absolute Gasteiger partial charge is 0.465 e. The fraction of sp³-hybridized carbons (Fsp3) is 0.294. The summed E-state index contributed by atoms with van der Waals surface area (Å²) in [4.78, 5) is 23.5. The topological polar surface area (TPSA) is 93.2 Å². The summed E-state index contributed by atoms with van der Waals surface area (Å²) in [7, 11) is 1.31. The van der Waals surface area contributed by atoms with Crippen molar-refractivity contribution in [3.63, 3.8) is 0 Å². The van der Waals surface area contributed by atoms with E-state index in [1.54, 1.807) is 30.3 Å². The van der Waals surface area contributed by atoms with Crippen molar-refractivity contribution in [1.29, 1.82) is 0 Å². The number of amides is 1. The molecule has 1 aromatic carbocycles. The van der Waals surface area contributed by atoms with Crippen molar-refractivity contribution in [3.8, 4) is 0 Å². The number of aromatic nitrogens is 2. The van der Waals surface area contributed by atoms with Crippen molar-refractivity contribution in [2.45, 2.75) is 19.8 Å². The number of carbonyl (C=O) groups excluding carboxylic acids is 2. The van der Waals surface area contributed by atoms with Gasteiger partial charge in [0.2, 0.25) is 0 Å². The standard InChI is InChI=1S/C17H19ClN4O3/c1-3-4-9-19-16(23)13-7-8-15(22-21-13)20-14-10-11(17(24)25-2)5-6-12(14)18/h5-8,10H,3-4,9H2,1-2H3,(H,19,23)(H,20,22). The Bertz CT molecular complexity index is 750. The minimum atomic E-state index is -0.468. The van der Waals surface area contributed by atoms with Crippen LogP contribution >= 0.6 is 11.6 Å². The highest BCUT2D eigenvalue weighted by Crippen LogP contribution is 2.26. The maximum atomic E-state index is 11.9. The molecule has 0 aliphatic carbocycles. The van der Waals surface area contributed by atoms with Crippen LogP contribution in [-0.2, 0) is 4.74 Å². The normalized spacial score (nSPS) is 10.2. The minimum Gasteiger partial charge on any atom is -0.465 e. The van der Waals surface area contributed by atoms with E-state index < -0.39 is 5.97 Å². The van der Waals surface area contributed by atoms with Gasteiger partial charge in [0.05, 0.1) is 23.4 Å². The fourth-order valence-electron chi connectivity index (χ4n) is 1.99. The number of unbranched alkanes of at least 4 members (excludes halogenated alkanes) is 1. The first kappa shape index (κ1) is 18.7. The molecule has 0 aliphatic heterocycles. The monoisotopic (exact) mass is 362 g/mol. The fourth-order valence-corrected chi connectivity index (χ4v) is 2.16. The predicted octanol–water partition coefficient (Wildman–Crippen LogP) is 3.19. The van der Waals surface area contributed by atoms with Crippen molar-refractivity contribution in [3.05, 3.63) is 46.6 Å². The molecule has 0 bridgehead atoms. The molecule has 8 heteroatoms. The van der Waals surface area contributed by atoms with Gasteiger partial charge >= 0.3 is 5.97 Å². The van der Waals surface area contributed by atoms with Gasteiger partial charge in [-0.1, -0.05) is 24.9 Å². The van der Waals surface area contributed by atoms with Crippen molar-refractivity contribution >= 4 is 35.0 Å². The highest BCUT2D eigenvalue weighted by Gasteiger charge is 2.11. The summed E-state index contributed by atoms with van der Waals surface area (Å²) in [6.07, 6.45) is 1.91. The Balaban J connectivity index is 2.08. The van der Waals surface area contributed by atoms with Crippen LogP contribution in [0.1, 0.15) is 40.6 Å². The van der Waals surface area contributed by atoms with Crippen LogP contribution in [0.2, 0.25) is 5.02 Å². The van der Waals surface area contributed by atoms with Crippen molar-refractivity contribution in [2.75, 3.05) is 19.0 Å². The van der Waals surface area contributed by atoms with Crippen LogP contribution in [0.15, 0.2) is 30.3 Å². The summed E-state index contributed by atoms with van der Waals surface area (Å²) >= 11 is 6.12. The number of nitrogens with one attached hydrogen (secondary N) is 2. The lowest BCUT2D eigenvalue weighted by Crippen LogP contribution is -2.25. The maximum Gasteiger partial charge on any atom is 0.337 e. The number of benzene rings is 1. The van der Waals surface area contributed by atoms with E-state index in [2.05, 4.69) is 25.6 Å². The van der Waals surface area contributed by atoms with Crippen molar-refractivity contribution < 1.29 is 14.3 Å². The van der Waals surface area contributed by atoms with E-state index in [1.807, 2.05) is 6.92 Å². The van der Waals surface area contributed by atoms with Gasteiger partial charge in [-0.25, -0.2) is 4.79 Å². The Morgan fingerprint density at radius 1 is 1.20 bits per heavy atom. The van der Waals surface area contributed by atoms with Gasteiger partial charge in [-0.2, -0.15) is 0 Å². The summed E-state index contributed by atoms with van der Waals surface area (Å²) in [5, 5.41) is 14.0. The number of ether oxygens (including phenoxy) is 1. The molecule has 132 valence electrons. The summed E-state index contributed by atoms with van der Waals surface area (Å²) in [6.45, 7) is 2.65. The van der Waals surface area contributed by atoms with E-state index in [9.17, 15) is 9.59 Å². The van der Waals surface area contributed by atoms with Gasteiger partial charge in [0.15, 0.2) is 11.5 Å². The molecule has 1 heterocycles. The zero-order valence-electron chi connectivity index (χ0n) is 14.0. The van der Waals surface area contributed by atoms with Gasteiger partial charge in [0.25, 0.3) is 5.91 Å². The highest BCUT2D eigenvalue weighted by molar-refractivity contribution is 6.33. The molecule has 2 N–H and O–H groups in total. The quantitative estimate of drug-likeness (QED) is 0.580. The van der Waals surface area contributed by atoms with E-state index in [4.69, 9.17) is 11.6 Å². The molecule has 0 spiro atoms.